The van der Waals surface area contributed by atoms with Gasteiger partial charge in [-0.25, -0.2) is 8.42 Å². The number of thioether (sulfide) groups is 1. The van der Waals surface area contributed by atoms with E-state index in [0.717, 1.165) is 23.1 Å². The van der Waals surface area contributed by atoms with Crippen LogP contribution in [0.1, 0.15) is 19.8 Å². The second kappa shape index (κ2) is 10.4. The third-order valence-electron chi connectivity index (χ3n) is 4.43. The molecule has 1 atom stereocenters. The van der Waals surface area contributed by atoms with Crippen LogP contribution in [0.15, 0.2) is 33.5 Å². The zero-order chi connectivity index (χ0) is 22.4. The summed E-state index contributed by atoms with van der Waals surface area (Å²) in [5.41, 5.74) is 0. The molecule has 1 amide bonds. The Kier molecular flexibility index (Phi) is 7.86. The van der Waals surface area contributed by atoms with Crippen LogP contribution in [-0.2, 0) is 24.3 Å². The quantitative estimate of drug-likeness (QED) is 0.321. The van der Waals surface area contributed by atoms with E-state index in [2.05, 4.69) is 15.5 Å². The highest BCUT2D eigenvalue weighted by molar-refractivity contribution is 8.01. The van der Waals surface area contributed by atoms with Gasteiger partial charge in [0.25, 0.3) is 0 Å². The molecule has 1 aliphatic heterocycles. The number of sulfonamides is 1. The van der Waals surface area contributed by atoms with Crippen molar-refractivity contribution in [3.8, 4) is 5.75 Å². The molecule has 0 bridgehead atoms. The lowest BCUT2D eigenvalue weighted by Gasteiger charge is -2.23. The van der Waals surface area contributed by atoms with Crippen molar-refractivity contribution in [2.75, 3.05) is 31.3 Å². The molecule has 168 valence electrons. The summed E-state index contributed by atoms with van der Waals surface area (Å²) in [6.45, 7) is 2.28. The highest BCUT2D eigenvalue weighted by atomic mass is 32.2. The van der Waals surface area contributed by atoms with E-state index in [0.29, 0.717) is 29.5 Å². The number of amides is 1. The van der Waals surface area contributed by atoms with E-state index in [1.165, 1.54) is 23.5 Å². The molecule has 0 radical (unpaired) electrons. The van der Waals surface area contributed by atoms with Crippen LogP contribution in [0.5, 0.6) is 5.75 Å². The van der Waals surface area contributed by atoms with Gasteiger partial charge in [-0.2, -0.15) is 4.31 Å². The fraction of sp³-hybridized carbons (Fsp3) is 0.444. The molecule has 0 saturated carbocycles. The van der Waals surface area contributed by atoms with E-state index in [1.54, 1.807) is 19.1 Å². The average Bonchev–Trinajstić information content (AvgIpc) is 3.42. The monoisotopic (exact) mass is 486 g/mol. The van der Waals surface area contributed by atoms with Crippen molar-refractivity contribution in [1.82, 2.24) is 14.5 Å². The van der Waals surface area contributed by atoms with Crippen LogP contribution < -0.4 is 10.1 Å². The maximum atomic E-state index is 13.0. The minimum atomic E-state index is -3.84. The summed E-state index contributed by atoms with van der Waals surface area (Å²) >= 11 is 2.26. The number of aromatic nitrogens is 2. The minimum absolute atomic E-state index is 0.0902. The molecular weight excluding hydrogens is 464 g/mol. The Hall–Kier alpha value is -2.22. The van der Waals surface area contributed by atoms with E-state index in [4.69, 9.17) is 9.47 Å². The first-order valence-electron chi connectivity index (χ1n) is 9.44. The second-order valence-electron chi connectivity index (χ2n) is 6.41. The molecule has 1 aromatic carbocycles. The Balaban J connectivity index is 1.65. The molecule has 0 aliphatic carbocycles. The summed E-state index contributed by atoms with van der Waals surface area (Å²) in [5.74, 6) is -0.193. The molecule has 1 aliphatic rings. The van der Waals surface area contributed by atoms with Crippen LogP contribution in [-0.4, -0.2) is 66.9 Å². The summed E-state index contributed by atoms with van der Waals surface area (Å²) in [4.78, 5) is 24.3. The molecule has 0 spiro atoms. The van der Waals surface area contributed by atoms with E-state index < -0.39 is 22.0 Å². The number of esters is 1. The van der Waals surface area contributed by atoms with Gasteiger partial charge in [-0.3, -0.25) is 14.9 Å². The summed E-state index contributed by atoms with van der Waals surface area (Å²) < 4.78 is 37.7. The van der Waals surface area contributed by atoms with Crippen molar-refractivity contribution in [2.45, 2.75) is 35.0 Å². The van der Waals surface area contributed by atoms with Gasteiger partial charge in [0.1, 0.15) is 11.8 Å². The number of carbonyl (C=O) groups is 2. The Labute approximate surface area is 188 Å². The van der Waals surface area contributed by atoms with Crippen molar-refractivity contribution < 1.29 is 27.5 Å². The third kappa shape index (κ3) is 5.73. The Morgan fingerprint density at radius 1 is 1.29 bits per heavy atom. The molecule has 1 N–H and O–H groups in total. The Bertz CT molecular complexity index is 1030. The largest absolute Gasteiger partial charge is 0.497 e. The van der Waals surface area contributed by atoms with Gasteiger partial charge >= 0.3 is 5.97 Å². The lowest BCUT2D eigenvalue weighted by molar-refractivity contribution is -0.139. The van der Waals surface area contributed by atoms with Crippen LogP contribution in [0.2, 0.25) is 0 Å². The number of carbonyl (C=O) groups excluding carboxylic acids is 2. The molecule has 1 fully saturated rings. The Morgan fingerprint density at radius 3 is 2.71 bits per heavy atom. The van der Waals surface area contributed by atoms with Crippen LogP contribution in [0.4, 0.5) is 5.13 Å². The molecule has 1 aromatic heterocycles. The second-order valence-corrected chi connectivity index (χ2v) is 10.5. The first kappa shape index (κ1) is 23.4. The molecule has 10 nitrogen and oxygen atoms in total. The number of nitrogens with zero attached hydrogens (tertiary/aromatic N) is 3. The maximum absolute atomic E-state index is 13.0. The summed E-state index contributed by atoms with van der Waals surface area (Å²) in [7, 11) is -2.34. The lowest BCUT2D eigenvalue weighted by atomic mass is 10.2. The van der Waals surface area contributed by atoms with E-state index >= 15 is 0 Å². The molecule has 2 aromatic rings. The smallest absolute Gasteiger partial charge is 0.316 e. The van der Waals surface area contributed by atoms with Crippen molar-refractivity contribution in [1.29, 1.82) is 0 Å². The molecular formula is C18H22N4O6S3. The predicted molar refractivity (Wildman–Crippen MR) is 116 cm³/mol. The lowest BCUT2D eigenvalue weighted by Crippen LogP contribution is -2.43. The number of rotatable bonds is 9. The third-order valence-corrected chi connectivity index (χ3v) is 8.30. The van der Waals surface area contributed by atoms with Gasteiger partial charge in [-0.05, 0) is 44.0 Å². The minimum Gasteiger partial charge on any atom is -0.497 e. The van der Waals surface area contributed by atoms with Crippen molar-refractivity contribution in [3.63, 3.8) is 0 Å². The predicted octanol–water partition coefficient (Wildman–Crippen LogP) is 1.99. The summed E-state index contributed by atoms with van der Waals surface area (Å²) in [6.07, 6.45) is 0.981. The number of hydrogen-bond donors (Lipinski definition) is 1. The highest BCUT2D eigenvalue weighted by Crippen LogP contribution is 2.29. The highest BCUT2D eigenvalue weighted by Gasteiger charge is 2.39. The van der Waals surface area contributed by atoms with Crippen molar-refractivity contribution >= 4 is 50.1 Å². The van der Waals surface area contributed by atoms with Gasteiger partial charge in [0.05, 0.1) is 24.4 Å². The zero-order valence-corrected chi connectivity index (χ0v) is 19.4. The van der Waals surface area contributed by atoms with Gasteiger partial charge in [0, 0.05) is 6.54 Å². The number of hydrogen-bond acceptors (Lipinski definition) is 10. The SMILES string of the molecule is CCOC(=O)CSc1nnc(NC(=O)[C@@H]2CCCN2S(=O)(=O)c2ccc(OC)cc2)s1. The van der Waals surface area contributed by atoms with E-state index in [-0.39, 0.29) is 28.3 Å². The number of anilines is 1. The van der Waals surface area contributed by atoms with Gasteiger partial charge in [0.15, 0.2) is 4.34 Å². The van der Waals surface area contributed by atoms with Crippen LogP contribution in [0, 0.1) is 0 Å². The molecule has 3 rings (SSSR count). The first-order valence-corrected chi connectivity index (χ1v) is 12.7. The number of ether oxygens (including phenoxy) is 2. The Morgan fingerprint density at radius 2 is 2.03 bits per heavy atom. The molecule has 2 heterocycles. The first-order chi connectivity index (χ1) is 14.8. The zero-order valence-electron chi connectivity index (χ0n) is 16.9. The molecule has 0 unspecified atom stereocenters. The number of benzene rings is 1. The van der Waals surface area contributed by atoms with Gasteiger partial charge in [0.2, 0.25) is 21.1 Å². The van der Waals surface area contributed by atoms with Crippen molar-refractivity contribution in [3.05, 3.63) is 24.3 Å². The van der Waals surface area contributed by atoms with Crippen LogP contribution in [0.3, 0.4) is 0 Å². The fourth-order valence-corrected chi connectivity index (χ4v) is 6.21. The topological polar surface area (TPSA) is 128 Å². The van der Waals surface area contributed by atoms with Gasteiger partial charge in [-0.1, -0.05) is 23.1 Å². The van der Waals surface area contributed by atoms with Crippen molar-refractivity contribution in [2.24, 2.45) is 0 Å². The normalized spacial score (nSPS) is 16.8. The summed E-state index contributed by atoms with van der Waals surface area (Å²) in [6, 6.07) is 5.20. The van der Waals surface area contributed by atoms with Crippen LogP contribution >= 0.6 is 23.1 Å². The van der Waals surface area contributed by atoms with E-state index in [9.17, 15) is 18.0 Å². The van der Waals surface area contributed by atoms with Gasteiger partial charge < -0.3 is 9.47 Å². The number of nitrogens with one attached hydrogen (secondary N) is 1. The van der Waals surface area contributed by atoms with Gasteiger partial charge in [-0.15, -0.1) is 10.2 Å². The molecule has 13 heteroatoms. The standard InChI is InChI=1S/C18H22N4O6S3/c1-3-28-15(23)11-29-18-21-20-17(30-18)19-16(24)14-5-4-10-22(14)31(25,26)13-8-6-12(27-2)7-9-13/h6-9,14H,3-5,10-11H2,1-2H3,(H,19,20,24)/t14-/m0/s1. The summed E-state index contributed by atoms with van der Waals surface area (Å²) in [5, 5.41) is 10.7. The molecule has 1 saturated heterocycles. The number of methoxy groups -OCH3 is 1. The van der Waals surface area contributed by atoms with E-state index in [1.807, 2.05) is 0 Å². The van der Waals surface area contributed by atoms with Crippen LogP contribution in [0.25, 0.3) is 0 Å². The maximum Gasteiger partial charge on any atom is 0.316 e. The average molecular weight is 487 g/mol. The molecule has 31 heavy (non-hydrogen) atoms. The fourth-order valence-electron chi connectivity index (χ4n) is 3.00.